The number of carbonyl (C=O) groups excluding carboxylic acids is 1. The molecule has 1 heterocycles. The van der Waals surface area contributed by atoms with Gasteiger partial charge in [0.25, 0.3) is 0 Å². The molecule has 0 N–H and O–H groups in total. The van der Waals surface area contributed by atoms with Gasteiger partial charge in [-0.05, 0) is 12.1 Å². The van der Waals surface area contributed by atoms with Gasteiger partial charge in [-0.3, -0.25) is 4.79 Å². The highest BCUT2D eigenvalue weighted by molar-refractivity contribution is 5.70. The molecule has 84 valence electrons. The molecule has 0 unspecified atom stereocenters. The van der Waals surface area contributed by atoms with Gasteiger partial charge in [0.2, 0.25) is 0 Å². The largest absolute Gasteiger partial charge is 0.469 e. The van der Waals surface area contributed by atoms with E-state index >= 15 is 0 Å². The lowest BCUT2D eigenvalue weighted by Crippen LogP contribution is -2.21. The normalized spacial score (nSPS) is 9.31. The minimum atomic E-state index is -0.242. The molecule has 1 aromatic rings. The highest BCUT2D eigenvalue weighted by atomic mass is 16.5. The third-order valence-electron chi connectivity index (χ3n) is 2.18. The van der Waals surface area contributed by atoms with Crippen LogP contribution in [-0.2, 0) is 9.53 Å². The molecule has 0 amide bonds. The van der Waals surface area contributed by atoms with E-state index in [0.717, 1.165) is 5.69 Å². The van der Waals surface area contributed by atoms with Gasteiger partial charge in [-0.1, -0.05) is 0 Å². The van der Waals surface area contributed by atoms with Crippen molar-refractivity contribution in [2.45, 2.75) is 6.42 Å². The highest BCUT2D eigenvalue weighted by Gasteiger charge is 2.05. The van der Waals surface area contributed by atoms with Gasteiger partial charge in [0.1, 0.15) is 11.8 Å². The van der Waals surface area contributed by atoms with Crippen LogP contribution in [0.3, 0.4) is 0 Å². The van der Waals surface area contributed by atoms with Crippen LogP contribution in [0.4, 0.5) is 5.69 Å². The van der Waals surface area contributed by atoms with Gasteiger partial charge in [0.05, 0.1) is 25.4 Å². The third kappa shape index (κ3) is 3.24. The minimum absolute atomic E-state index is 0.242. The summed E-state index contributed by atoms with van der Waals surface area (Å²) < 4.78 is 4.55. The van der Waals surface area contributed by atoms with Gasteiger partial charge in [0, 0.05) is 13.6 Å². The topological polar surface area (TPSA) is 66.2 Å². The fourth-order valence-corrected chi connectivity index (χ4v) is 1.17. The van der Waals surface area contributed by atoms with Crippen LogP contribution in [0.1, 0.15) is 12.1 Å². The second-order valence-electron chi connectivity index (χ2n) is 3.26. The van der Waals surface area contributed by atoms with Crippen LogP contribution in [0.25, 0.3) is 0 Å². The molecule has 0 aliphatic carbocycles. The predicted molar refractivity (Wildman–Crippen MR) is 58.9 cm³/mol. The standard InChI is InChI=1S/C11H13N3O2/c1-14(6-5-11(15)16-2)10-4-3-9(7-12)13-8-10/h3-4,8H,5-6H2,1-2H3. The van der Waals surface area contributed by atoms with Crippen molar-refractivity contribution in [2.75, 3.05) is 25.6 Å². The second kappa shape index (κ2) is 5.71. The average Bonchev–Trinajstić information content (AvgIpc) is 2.35. The van der Waals surface area contributed by atoms with Gasteiger partial charge in [-0.15, -0.1) is 0 Å². The molecule has 16 heavy (non-hydrogen) atoms. The molecular weight excluding hydrogens is 206 g/mol. The molecule has 0 atom stereocenters. The molecule has 0 radical (unpaired) electrons. The third-order valence-corrected chi connectivity index (χ3v) is 2.18. The van der Waals surface area contributed by atoms with Crippen LogP contribution in [0.15, 0.2) is 18.3 Å². The summed E-state index contributed by atoms with van der Waals surface area (Å²) in [5.74, 6) is -0.242. The summed E-state index contributed by atoms with van der Waals surface area (Å²) in [6.45, 7) is 0.556. The molecule has 0 aliphatic rings. The van der Waals surface area contributed by atoms with Crippen molar-refractivity contribution in [2.24, 2.45) is 0 Å². The van der Waals surface area contributed by atoms with Crippen molar-refractivity contribution in [3.8, 4) is 6.07 Å². The van der Waals surface area contributed by atoms with Crippen LogP contribution in [0.5, 0.6) is 0 Å². The molecule has 0 saturated carbocycles. The summed E-state index contributed by atoms with van der Waals surface area (Å²) >= 11 is 0. The molecule has 0 aromatic carbocycles. The zero-order valence-electron chi connectivity index (χ0n) is 9.30. The number of anilines is 1. The number of pyridine rings is 1. The van der Waals surface area contributed by atoms with Gasteiger partial charge >= 0.3 is 5.97 Å². The Kier molecular flexibility index (Phi) is 4.28. The number of ether oxygens (including phenoxy) is 1. The molecule has 1 aromatic heterocycles. The van der Waals surface area contributed by atoms with Gasteiger partial charge in [-0.25, -0.2) is 4.98 Å². The molecule has 0 fully saturated rings. The Morgan fingerprint density at radius 1 is 1.62 bits per heavy atom. The Balaban J connectivity index is 2.56. The first-order chi connectivity index (χ1) is 7.67. The van der Waals surface area contributed by atoms with Crippen LogP contribution < -0.4 is 4.90 Å². The van der Waals surface area contributed by atoms with Crippen molar-refractivity contribution in [1.29, 1.82) is 5.26 Å². The molecule has 0 aliphatic heterocycles. The van der Waals surface area contributed by atoms with Crippen LogP contribution in [-0.4, -0.2) is 31.7 Å². The summed E-state index contributed by atoms with van der Waals surface area (Å²) in [5, 5.41) is 8.59. The Bertz CT molecular complexity index is 395. The van der Waals surface area contributed by atoms with E-state index in [1.165, 1.54) is 7.11 Å². The average molecular weight is 219 g/mol. The Morgan fingerprint density at radius 3 is 2.88 bits per heavy atom. The quantitative estimate of drug-likeness (QED) is 0.705. The van der Waals surface area contributed by atoms with E-state index in [2.05, 4.69) is 9.72 Å². The lowest BCUT2D eigenvalue weighted by atomic mass is 10.3. The van der Waals surface area contributed by atoms with E-state index < -0.39 is 0 Å². The van der Waals surface area contributed by atoms with Crippen LogP contribution in [0.2, 0.25) is 0 Å². The maximum atomic E-state index is 10.9. The number of nitrogens with zero attached hydrogens (tertiary/aromatic N) is 3. The number of carbonyl (C=O) groups is 1. The molecule has 0 saturated heterocycles. The monoisotopic (exact) mass is 219 g/mol. The van der Waals surface area contributed by atoms with E-state index in [9.17, 15) is 4.79 Å². The molecule has 0 spiro atoms. The second-order valence-corrected chi connectivity index (χ2v) is 3.26. The first kappa shape index (κ1) is 12.0. The molecule has 5 nitrogen and oxygen atoms in total. The zero-order valence-corrected chi connectivity index (χ0v) is 9.30. The first-order valence-electron chi connectivity index (χ1n) is 4.81. The van der Waals surface area contributed by atoms with E-state index in [1.54, 1.807) is 18.3 Å². The molecule has 5 heteroatoms. The first-order valence-corrected chi connectivity index (χ1v) is 4.81. The molecule has 1 rings (SSSR count). The van der Waals surface area contributed by atoms with E-state index in [4.69, 9.17) is 5.26 Å². The van der Waals surface area contributed by atoms with Crippen molar-refractivity contribution >= 4 is 11.7 Å². The number of hydrogen-bond acceptors (Lipinski definition) is 5. The van der Waals surface area contributed by atoms with E-state index in [-0.39, 0.29) is 5.97 Å². The summed E-state index contributed by atoms with van der Waals surface area (Å²) in [7, 11) is 3.22. The fourth-order valence-electron chi connectivity index (χ4n) is 1.17. The van der Waals surface area contributed by atoms with Crippen molar-refractivity contribution < 1.29 is 9.53 Å². The number of methoxy groups -OCH3 is 1. The number of hydrogen-bond donors (Lipinski definition) is 0. The summed E-state index contributed by atoms with van der Waals surface area (Å²) in [5.41, 5.74) is 1.24. The Labute approximate surface area is 94.3 Å². The minimum Gasteiger partial charge on any atom is -0.469 e. The number of rotatable bonds is 4. The van der Waals surface area contributed by atoms with Crippen molar-refractivity contribution in [1.82, 2.24) is 4.98 Å². The lowest BCUT2D eigenvalue weighted by Gasteiger charge is -2.17. The van der Waals surface area contributed by atoms with Crippen molar-refractivity contribution in [3.05, 3.63) is 24.0 Å². The summed E-state index contributed by atoms with van der Waals surface area (Å²) in [6, 6.07) is 5.39. The number of nitriles is 1. The Morgan fingerprint density at radius 2 is 2.38 bits per heavy atom. The van der Waals surface area contributed by atoms with Crippen LogP contribution in [0, 0.1) is 11.3 Å². The maximum absolute atomic E-state index is 10.9. The number of esters is 1. The Hall–Kier alpha value is -2.09. The SMILES string of the molecule is COC(=O)CCN(C)c1ccc(C#N)nc1. The lowest BCUT2D eigenvalue weighted by molar-refractivity contribution is -0.140. The number of aromatic nitrogens is 1. The summed E-state index contributed by atoms with van der Waals surface area (Å²) in [4.78, 5) is 16.8. The van der Waals surface area contributed by atoms with Crippen LogP contribution >= 0.6 is 0 Å². The molecular formula is C11H13N3O2. The van der Waals surface area contributed by atoms with Gasteiger partial charge in [-0.2, -0.15) is 5.26 Å². The smallest absolute Gasteiger partial charge is 0.307 e. The van der Waals surface area contributed by atoms with Crippen molar-refractivity contribution in [3.63, 3.8) is 0 Å². The zero-order chi connectivity index (χ0) is 12.0. The van der Waals surface area contributed by atoms with Gasteiger partial charge < -0.3 is 9.64 Å². The maximum Gasteiger partial charge on any atom is 0.307 e. The summed E-state index contributed by atoms with van der Waals surface area (Å²) in [6.07, 6.45) is 1.93. The van der Waals surface area contributed by atoms with Gasteiger partial charge in [0.15, 0.2) is 0 Å². The predicted octanol–water partition coefficient (Wildman–Crippen LogP) is 0.953. The highest BCUT2D eigenvalue weighted by Crippen LogP contribution is 2.11. The van der Waals surface area contributed by atoms with E-state index in [0.29, 0.717) is 18.7 Å². The van der Waals surface area contributed by atoms with E-state index in [1.807, 2.05) is 18.0 Å². The fraction of sp³-hybridized carbons (Fsp3) is 0.364. The molecule has 0 bridgehead atoms.